The molecule has 0 aliphatic carbocycles. The highest BCUT2D eigenvalue weighted by molar-refractivity contribution is 4.81. The minimum atomic E-state index is 0.481. The molecule has 0 radical (unpaired) electrons. The van der Waals surface area contributed by atoms with Crippen LogP contribution in [-0.2, 0) is 4.74 Å². The molecule has 0 aromatic carbocycles. The Balaban J connectivity index is 1.84. The quantitative estimate of drug-likeness (QED) is 0.745. The van der Waals surface area contributed by atoms with Gasteiger partial charge in [-0.15, -0.1) is 0 Å². The van der Waals surface area contributed by atoms with Gasteiger partial charge in [-0.3, -0.25) is 4.90 Å². The summed E-state index contributed by atoms with van der Waals surface area (Å²) in [4.78, 5) is 2.66. The van der Waals surface area contributed by atoms with Gasteiger partial charge in [-0.1, -0.05) is 0 Å². The average Bonchev–Trinajstić information content (AvgIpc) is 2.58. The summed E-state index contributed by atoms with van der Waals surface area (Å²) in [5, 5.41) is 3.48. The van der Waals surface area contributed by atoms with Gasteiger partial charge in [0.2, 0.25) is 0 Å². The Bertz CT molecular complexity index is 178. The number of likely N-dealkylation sites (tertiary alicyclic amines) is 1. The number of rotatable bonds is 2. The predicted octanol–water partition coefficient (Wildman–Crippen LogP) is 1.24. The van der Waals surface area contributed by atoms with E-state index in [-0.39, 0.29) is 0 Å². The van der Waals surface area contributed by atoms with Crippen LogP contribution in [0.2, 0.25) is 0 Å². The van der Waals surface area contributed by atoms with E-state index in [1.165, 1.54) is 51.7 Å². The van der Waals surface area contributed by atoms with Gasteiger partial charge in [-0.05, 0) is 51.7 Å². The second-order valence-corrected chi connectivity index (χ2v) is 4.83. The first kappa shape index (κ1) is 11.4. The van der Waals surface area contributed by atoms with Crippen LogP contribution in [0.1, 0.15) is 32.1 Å². The molecule has 2 aliphatic rings. The number of hydrogen-bond acceptors (Lipinski definition) is 3. The summed E-state index contributed by atoms with van der Waals surface area (Å²) in [6.07, 6.45) is 7.05. The van der Waals surface area contributed by atoms with Gasteiger partial charge in [0, 0.05) is 19.7 Å². The minimum Gasteiger partial charge on any atom is -0.380 e. The van der Waals surface area contributed by atoms with Crippen molar-refractivity contribution >= 4 is 0 Å². The maximum absolute atomic E-state index is 5.49. The molecular formula is C12H24N2O. The summed E-state index contributed by atoms with van der Waals surface area (Å²) in [7, 11) is 1.85. The van der Waals surface area contributed by atoms with E-state index in [1.807, 2.05) is 7.11 Å². The predicted molar refractivity (Wildman–Crippen MR) is 62.1 cm³/mol. The Morgan fingerprint density at radius 2 is 2.07 bits per heavy atom. The molecule has 2 rings (SSSR count). The molecule has 0 bridgehead atoms. The van der Waals surface area contributed by atoms with Crippen molar-refractivity contribution in [2.24, 2.45) is 0 Å². The van der Waals surface area contributed by atoms with Gasteiger partial charge in [0.25, 0.3) is 0 Å². The van der Waals surface area contributed by atoms with E-state index in [0.717, 1.165) is 12.6 Å². The third-order valence-electron chi connectivity index (χ3n) is 3.80. The first-order chi connectivity index (χ1) is 7.40. The fourth-order valence-electron chi connectivity index (χ4n) is 2.86. The standard InChI is InChI=1S/C12H24N2O/c1-15-12-5-3-9-14(10-12)11-4-2-7-13-8-6-11/h11-13H,2-10H2,1H3. The number of methoxy groups -OCH3 is 1. The van der Waals surface area contributed by atoms with Gasteiger partial charge in [-0.2, -0.15) is 0 Å². The third-order valence-corrected chi connectivity index (χ3v) is 3.80. The van der Waals surface area contributed by atoms with Crippen molar-refractivity contribution in [3.8, 4) is 0 Å². The smallest absolute Gasteiger partial charge is 0.0698 e. The van der Waals surface area contributed by atoms with Crippen LogP contribution in [-0.4, -0.2) is 50.3 Å². The number of nitrogens with one attached hydrogen (secondary N) is 1. The van der Waals surface area contributed by atoms with Crippen LogP contribution in [0, 0.1) is 0 Å². The molecule has 3 heteroatoms. The molecule has 0 amide bonds. The fourth-order valence-corrected chi connectivity index (χ4v) is 2.86. The number of hydrogen-bond donors (Lipinski definition) is 1. The van der Waals surface area contributed by atoms with Crippen LogP contribution >= 0.6 is 0 Å². The van der Waals surface area contributed by atoms with Gasteiger partial charge in [0.15, 0.2) is 0 Å². The Kier molecular flexibility index (Phi) is 4.42. The highest BCUT2D eigenvalue weighted by atomic mass is 16.5. The first-order valence-corrected chi connectivity index (χ1v) is 6.37. The maximum atomic E-state index is 5.49. The molecule has 1 N–H and O–H groups in total. The maximum Gasteiger partial charge on any atom is 0.0698 e. The Morgan fingerprint density at radius 1 is 1.13 bits per heavy atom. The Labute approximate surface area is 93.2 Å². The fraction of sp³-hybridized carbons (Fsp3) is 1.00. The largest absolute Gasteiger partial charge is 0.380 e. The van der Waals surface area contributed by atoms with Gasteiger partial charge in [-0.25, -0.2) is 0 Å². The number of nitrogens with zero attached hydrogens (tertiary/aromatic N) is 1. The summed E-state index contributed by atoms with van der Waals surface area (Å²) in [5.41, 5.74) is 0. The summed E-state index contributed by atoms with van der Waals surface area (Å²) in [5.74, 6) is 0. The van der Waals surface area contributed by atoms with Gasteiger partial charge in [0.1, 0.15) is 0 Å². The SMILES string of the molecule is COC1CCCN(C2CCCNCC2)C1. The lowest BCUT2D eigenvalue weighted by atomic mass is 10.0. The van der Waals surface area contributed by atoms with Crippen molar-refractivity contribution in [3.63, 3.8) is 0 Å². The highest BCUT2D eigenvalue weighted by Gasteiger charge is 2.25. The Hall–Kier alpha value is -0.120. The van der Waals surface area contributed by atoms with Crippen LogP contribution in [0.4, 0.5) is 0 Å². The van der Waals surface area contributed by atoms with Crippen molar-refractivity contribution in [2.45, 2.75) is 44.2 Å². The summed E-state index contributed by atoms with van der Waals surface area (Å²) in [6.45, 7) is 4.84. The lowest BCUT2D eigenvalue weighted by molar-refractivity contribution is 0.0124. The Morgan fingerprint density at radius 3 is 2.93 bits per heavy atom. The molecule has 0 saturated carbocycles. The lowest BCUT2D eigenvalue weighted by Crippen LogP contribution is -2.45. The molecule has 2 heterocycles. The molecule has 2 saturated heterocycles. The van der Waals surface area contributed by atoms with E-state index in [2.05, 4.69) is 10.2 Å². The van der Waals surface area contributed by atoms with Crippen molar-refractivity contribution in [1.82, 2.24) is 10.2 Å². The second-order valence-electron chi connectivity index (χ2n) is 4.83. The second kappa shape index (κ2) is 5.83. The zero-order valence-corrected chi connectivity index (χ0v) is 9.87. The number of piperidine rings is 1. The highest BCUT2D eigenvalue weighted by Crippen LogP contribution is 2.20. The average molecular weight is 212 g/mol. The molecule has 0 aromatic heterocycles. The van der Waals surface area contributed by atoms with E-state index in [1.54, 1.807) is 0 Å². The first-order valence-electron chi connectivity index (χ1n) is 6.37. The lowest BCUT2D eigenvalue weighted by Gasteiger charge is -2.37. The van der Waals surface area contributed by atoms with Crippen LogP contribution in [0.5, 0.6) is 0 Å². The molecule has 2 aliphatic heterocycles. The van der Waals surface area contributed by atoms with Gasteiger partial charge >= 0.3 is 0 Å². The third kappa shape index (κ3) is 3.16. The molecule has 3 nitrogen and oxygen atoms in total. The van der Waals surface area contributed by atoms with Crippen LogP contribution in [0.15, 0.2) is 0 Å². The number of ether oxygens (including phenoxy) is 1. The summed E-state index contributed by atoms with van der Waals surface area (Å²) < 4.78 is 5.49. The molecule has 2 fully saturated rings. The molecule has 15 heavy (non-hydrogen) atoms. The van der Waals surface area contributed by atoms with Crippen molar-refractivity contribution in [2.75, 3.05) is 33.3 Å². The minimum absolute atomic E-state index is 0.481. The molecule has 2 unspecified atom stereocenters. The summed E-state index contributed by atoms with van der Waals surface area (Å²) in [6, 6.07) is 0.804. The molecule has 2 atom stereocenters. The zero-order valence-electron chi connectivity index (χ0n) is 9.87. The van der Waals surface area contributed by atoms with Gasteiger partial charge < -0.3 is 10.1 Å². The van der Waals surface area contributed by atoms with Crippen LogP contribution in [0.25, 0.3) is 0 Å². The summed E-state index contributed by atoms with van der Waals surface area (Å²) >= 11 is 0. The topological polar surface area (TPSA) is 24.5 Å². The normalized spacial score (nSPS) is 35.0. The van der Waals surface area contributed by atoms with E-state index in [0.29, 0.717) is 6.10 Å². The molecular weight excluding hydrogens is 188 g/mol. The molecule has 0 aromatic rings. The molecule has 88 valence electrons. The van der Waals surface area contributed by atoms with E-state index in [9.17, 15) is 0 Å². The molecule has 0 spiro atoms. The van der Waals surface area contributed by atoms with Crippen molar-refractivity contribution < 1.29 is 4.74 Å². The van der Waals surface area contributed by atoms with E-state index >= 15 is 0 Å². The van der Waals surface area contributed by atoms with Crippen molar-refractivity contribution in [3.05, 3.63) is 0 Å². The van der Waals surface area contributed by atoms with E-state index < -0.39 is 0 Å². The van der Waals surface area contributed by atoms with Crippen molar-refractivity contribution in [1.29, 1.82) is 0 Å². The zero-order chi connectivity index (χ0) is 10.5. The monoisotopic (exact) mass is 212 g/mol. The van der Waals surface area contributed by atoms with Crippen LogP contribution in [0.3, 0.4) is 0 Å². The van der Waals surface area contributed by atoms with E-state index in [4.69, 9.17) is 4.74 Å². The van der Waals surface area contributed by atoms with Gasteiger partial charge in [0.05, 0.1) is 6.10 Å². The van der Waals surface area contributed by atoms with Crippen LogP contribution < -0.4 is 5.32 Å².